The predicted molar refractivity (Wildman–Crippen MR) is 86.6 cm³/mol. The van der Waals surface area contributed by atoms with E-state index in [2.05, 4.69) is 15.0 Å². The molecule has 1 aliphatic rings. The maximum atomic E-state index is 13.8. The number of fused-ring (bicyclic) bond motifs is 1. The molecular weight excluding hydrogens is 327 g/mol. The van der Waals surface area contributed by atoms with Crippen molar-refractivity contribution >= 4 is 11.2 Å². The fourth-order valence-electron chi connectivity index (χ4n) is 2.90. The van der Waals surface area contributed by atoms with Crippen LogP contribution in [0.2, 0.25) is 0 Å². The van der Waals surface area contributed by atoms with E-state index >= 15 is 0 Å². The Hall–Kier alpha value is -2.58. The summed E-state index contributed by atoms with van der Waals surface area (Å²) >= 11 is 0. The number of halogens is 1. The zero-order chi connectivity index (χ0) is 17.2. The molecule has 8 heteroatoms. The summed E-state index contributed by atoms with van der Waals surface area (Å²) in [4.78, 5) is 12.7. The molecule has 2 aromatic heterocycles. The molecule has 1 saturated heterocycles. The summed E-state index contributed by atoms with van der Waals surface area (Å²) in [5.41, 5.74) is 2.01. The first kappa shape index (κ1) is 15.9. The number of aliphatic hydroxyl groups is 1. The number of aromatic nitrogens is 4. The Morgan fingerprint density at radius 2 is 2.08 bits per heavy atom. The van der Waals surface area contributed by atoms with Crippen LogP contribution in [0.4, 0.5) is 4.39 Å². The van der Waals surface area contributed by atoms with Crippen molar-refractivity contribution in [1.29, 1.82) is 0 Å². The summed E-state index contributed by atoms with van der Waals surface area (Å²) in [6.07, 6.45) is 0.453. The van der Waals surface area contributed by atoms with Gasteiger partial charge in [0.1, 0.15) is 31.4 Å². The van der Waals surface area contributed by atoms with E-state index in [1.807, 2.05) is 30.3 Å². The van der Waals surface area contributed by atoms with Gasteiger partial charge in [-0.25, -0.2) is 14.4 Å². The fraction of sp³-hybridized carbons (Fsp3) is 0.353. The van der Waals surface area contributed by atoms with Crippen molar-refractivity contribution in [3.63, 3.8) is 0 Å². The van der Waals surface area contributed by atoms with Gasteiger partial charge >= 0.3 is 0 Å². The van der Waals surface area contributed by atoms with Crippen LogP contribution in [-0.4, -0.2) is 43.5 Å². The third-order valence-electron chi connectivity index (χ3n) is 4.20. The summed E-state index contributed by atoms with van der Waals surface area (Å²) < 4.78 is 26.8. The van der Waals surface area contributed by atoms with Gasteiger partial charge in [-0.1, -0.05) is 30.3 Å². The van der Waals surface area contributed by atoms with Gasteiger partial charge < -0.3 is 14.6 Å². The van der Waals surface area contributed by atoms with Crippen molar-refractivity contribution in [1.82, 2.24) is 19.5 Å². The molecule has 3 heterocycles. The van der Waals surface area contributed by atoms with Crippen LogP contribution in [0, 0.1) is 0 Å². The van der Waals surface area contributed by atoms with E-state index in [1.54, 1.807) is 4.57 Å². The largest absolute Gasteiger partial charge is 0.471 e. The van der Waals surface area contributed by atoms with Crippen LogP contribution in [-0.2, 0) is 11.3 Å². The Morgan fingerprint density at radius 1 is 1.24 bits per heavy atom. The Bertz CT molecular complexity index is 857. The summed E-state index contributed by atoms with van der Waals surface area (Å²) in [6, 6.07) is 9.73. The van der Waals surface area contributed by atoms with E-state index < -0.39 is 18.5 Å². The second-order valence-electron chi connectivity index (χ2n) is 5.84. The molecule has 25 heavy (non-hydrogen) atoms. The lowest BCUT2D eigenvalue weighted by Crippen LogP contribution is -2.21. The maximum Gasteiger partial charge on any atom is 0.245 e. The highest BCUT2D eigenvalue weighted by Crippen LogP contribution is 2.33. The minimum Gasteiger partial charge on any atom is -0.471 e. The molecule has 0 radical (unpaired) electrons. The van der Waals surface area contributed by atoms with Crippen molar-refractivity contribution in [2.24, 2.45) is 0 Å². The van der Waals surface area contributed by atoms with Gasteiger partial charge in [-0.05, 0) is 5.56 Å². The van der Waals surface area contributed by atoms with Crippen molar-refractivity contribution in [3.05, 3.63) is 48.5 Å². The predicted octanol–water partition coefficient (Wildman–Crippen LogP) is 2.02. The molecule has 4 rings (SSSR count). The monoisotopic (exact) mass is 344 g/mol. The first-order valence-electron chi connectivity index (χ1n) is 8.01. The second-order valence-corrected chi connectivity index (χ2v) is 5.84. The lowest BCUT2D eigenvalue weighted by atomic mass is 10.2. The van der Waals surface area contributed by atoms with E-state index in [-0.39, 0.29) is 13.0 Å². The molecule has 1 fully saturated rings. The van der Waals surface area contributed by atoms with Gasteiger partial charge in [0, 0.05) is 6.42 Å². The minimum absolute atomic E-state index is 0.140. The number of hydrogen-bond donors (Lipinski definition) is 1. The van der Waals surface area contributed by atoms with Gasteiger partial charge in [0.05, 0.1) is 12.9 Å². The molecule has 0 unspecified atom stereocenters. The maximum absolute atomic E-state index is 13.8. The number of ether oxygens (including phenoxy) is 2. The Balaban J connectivity index is 1.58. The van der Waals surface area contributed by atoms with Crippen LogP contribution in [0.1, 0.15) is 18.2 Å². The van der Waals surface area contributed by atoms with Crippen molar-refractivity contribution in [3.8, 4) is 5.88 Å². The van der Waals surface area contributed by atoms with E-state index in [0.717, 1.165) is 5.56 Å². The molecule has 1 aliphatic heterocycles. The molecule has 1 aromatic carbocycles. The van der Waals surface area contributed by atoms with E-state index in [4.69, 9.17) is 14.6 Å². The van der Waals surface area contributed by atoms with Crippen LogP contribution >= 0.6 is 0 Å². The van der Waals surface area contributed by atoms with Gasteiger partial charge in [0.2, 0.25) is 5.88 Å². The lowest BCUT2D eigenvalue weighted by molar-refractivity contribution is -0.0323. The SMILES string of the molecule is OC[C@H]1O[C@@H](n2cnc3c(OCc4ccccc4)ncnc32)C[C@@H]1F. The lowest BCUT2D eigenvalue weighted by Gasteiger charge is -2.13. The van der Waals surface area contributed by atoms with Crippen LogP contribution < -0.4 is 4.74 Å². The minimum atomic E-state index is -1.22. The first-order valence-corrected chi connectivity index (χ1v) is 8.01. The highest BCUT2D eigenvalue weighted by Gasteiger charge is 2.36. The topological polar surface area (TPSA) is 82.3 Å². The number of nitrogens with zero attached hydrogens (tertiary/aromatic N) is 4. The molecule has 1 N–H and O–H groups in total. The average molecular weight is 344 g/mol. The average Bonchev–Trinajstić information content (AvgIpc) is 3.24. The summed E-state index contributed by atoms with van der Waals surface area (Å²) in [7, 11) is 0. The number of imidazole rings is 1. The Morgan fingerprint density at radius 3 is 2.84 bits per heavy atom. The number of rotatable bonds is 5. The molecule has 0 aliphatic carbocycles. The summed E-state index contributed by atoms with van der Waals surface area (Å²) in [5, 5.41) is 9.15. The van der Waals surface area contributed by atoms with Crippen LogP contribution in [0.3, 0.4) is 0 Å². The van der Waals surface area contributed by atoms with Crippen molar-refractivity contribution in [2.45, 2.75) is 31.5 Å². The molecule has 0 saturated carbocycles. The summed E-state index contributed by atoms with van der Waals surface area (Å²) in [6.45, 7) is 0.00357. The second kappa shape index (κ2) is 6.73. The van der Waals surface area contributed by atoms with Crippen LogP contribution in [0.15, 0.2) is 43.0 Å². The van der Waals surface area contributed by atoms with E-state index in [0.29, 0.717) is 23.7 Å². The molecule has 7 nitrogen and oxygen atoms in total. The van der Waals surface area contributed by atoms with Crippen LogP contribution in [0.5, 0.6) is 5.88 Å². The zero-order valence-electron chi connectivity index (χ0n) is 13.3. The standard InChI is InChI=1S/C17H17FN4O3/c18-12-6-14(25-13(12)7-23)22-10-21-15-16(22)19-9-20-17(15)24-8-11-4-2-1-3-5-11/h1-5,9-10,12-14,23H,6-8H2/t12-,13+,14+/m0/s1. The molecule has 3 atom stereocenters. The van der Waals surface area contributed by atoms with Crippen LogP contribution in [0.25, 0.3) is 11.2 Å². The van der Waals surface area contributed by atoms with Gasteiger partial charge in [0.25, 0.3) is 0 Å². The smallest absolute Gasteiger partial charge is 0.245 e. The molecule has 130 valence electrons. The van der Waals surface area contributed by atoms with E-state index in [9.17, 15) is 4.39 Å². The molecule has 0 amide bonds. The Labute approximate surface area is 143 Å². The van der Waals surface area contributed by atoms with Crippen molar-refractivity contribution in [2.75, 3.05) is 6.61 Å². The number of alkyl halides is 1. The fourth-order valence-corrected chi connectivity index (χ4v) is 2.90. The zero-order valence-corrected chi connectivity index (χ0v) is 13.3. The number of hydrogen-bond acceptors (Lipinski definition) is 6. The van der Waals surface area contributed by atoms with Gasteiger partial charge in [-0.2, -0.15) is 4.98 Å². The van der Waals surface area contributed by atoms with Gasteiger partial charge in [-0.15, -0.1) is 0 Å². The van der Waals surface area contributed by atoms with E-state index in [1.165, 1.54) is 12.7 Å². The quantitative estimate of drug-likeness (QED) is 0.763. The molecule has 3 aromatic rings. The third-order valence-corrected chi connectivity index (χ3v) is 4.20. The Kier molecular flexibility index (Phi) is 4.29. The third kappa shape index (κ3) is 3.06. The summed E-state index contributed by atoms with van der Waals surface area (Å²) in [5.74, 6) is 0.362. The molecule has 0 spiro atoms. The normalized spacial score (nSPS) is 23.2. The first-order chi connectivity index (χ1) is 12.3. The number of aliphatic hydroxyl groups excluding tert-OH is 1. The molecule has 0 bridgehead atoms. The highest BCUT2D eigenvalue weighted by molar-refractivity contribution is 5.76. The van der Waals surface area contributed by atoms with Crippen molar-refractivity contribution < 1.29 is 19.0 Å². The highest BCUT2D eigenvalue weighted by atomic mass is 19.1. The molecular formula is C17H17FN4O3. The van der Waals surface area contributed by atoms with Gasteiger partial charge in [0.15, 0.2) is 11.2 Å². The van der Waals surface area contributed by atoms with Gasteiger partial charge in [-0.3, -0.25) is 4.57 Å². The number of benzene rings is 1.